The number of amides is 1. The number of benzene rings is 1. The maximum Gasteiger partial charge on any atom is 0.224 e. The third kappa shape index (κ3) is 4.54. The number of rotatable bonds is 4. The minimum absolute atomic E-state index is 0.0203. The largest absolute Gasteiger partial charge is 0.490 e. The van der Waals surface area contributed by atoms with Gasteiger partial charge in [-0.15, -0.1) is 0 Å². The van der Waals surface area contributed by atoms with Gasteiger partial charge in [0.25, 0.3) is 0 Å². The highest BCUT2D eigenvalue weighted by Crippen LogP contribution is 2.37. The summed E-state index contributed by atoms with van der Waals surface area (Å²) in [4.78, 5) is 12.2. The molecule has 0 atom stereocenters. The number of hydrogen-bond acceptors (Lipinski definition) is 3. The summed E-state index contributed by atoms with van der Waals surface area (Å²) in [5.41, 5.74) is 0.601. The van der Waals surface area contributed by atoms with E-state index in [1.54, 1.807) is 12.1 Å². The van der Waals surface area contributed by atoms with Crippen LogP contribution in [-0.4, -0.2) is 19.1 Å². The molecule has 1 aliphatic carbocycles. The summed E-state index contributed by atoms with van der Waals surface area (Å²) in [6, 6.07) is 3.49. The summed E-state index contributed by atoms with van der Waals surface area (Å²) in [7, 11) is 0. The number of halogens is 1. The summed E-state index contributed by atoms with van der Waals surface area (Å²) in [6.45, 7) is 1.24. The van der Waals surface area contributed by atoms with Crippen molar-refractivity contribution in [2.24, 2.45) is 5.92 Å². The van der Waals surface area contributed by atoms with Gasteiger partial charge in [0.1, 0.15) is 0 Å². The van der Waals surface area contributed by atoms with Crippen LogP contribution in [0, 0.1) is 5.92 Å². The van der Waals surface area contributed by atoms with Gasteiger partial charge in [0.2, 0.25) is 5.91 Å². The molecule has 0 saturated heterocycles. The standard InChI is InChI=1S/C18H24ClNO3/c19-14-11-16-17(23-10-4-9-22-16)12-15(14)20-18(21)8-7-13-5-2-1-3-6-13/h11-13H,1-10H2,(H,20,21). The molecule has 1 aliphatic heterocycles. The molecule has 1 amide bonds. The maximum atomic E-state index is 12.2. The molecule has 0 radical (unpaired) electrons. The van der Waals surface area contributed by atoms with E-state index in [0.717, 1.165) is 12.8 Å². The van der Waals surface area contributed by atoms with Crippen molar-refractivity contribution in [3.8, 4) is 11.5 Å². The van der Waals surface area contributed by atoms with Crippen molar-refractivity contribution in [2.75, 3.05) is 18.5 Å². The molecule has 1 heterocycles. The van der Waals surface area contributed by atoms with E-state index in [-0.39, 0.29) is 5.91 Å². The third-order valence-electron chi connectivity index (χ3n) is 4.62. The molecule has 1 N–H and O–H groups in total. The van der Waals surface area contributed by atoms with E-state index in [1.807, 2.05) is 0 Å². The Morgan fingerprint density at radius 2 is 1.78 bits per heavy atom. The average Bonchev–Trinajstić information content (AvgIpc) is 2.79. The molecule has 0 spiro atoms. The van der Waals surface area contributed by atoms with Crippen molar-refractivity contribution in [2.45, 2.75) is 51.4 Å². The van der Waals surface area contributed by atoms with Gasteiger partial charge in [0, 0.05) is 25.0 Å². The second-order valence-corrected chi connectivity index (χ2v) is 6.83. The van der Waals surface area contributed by atoms with Gasteiger partial charge >= 0.3 is 0 Å². The first-order valence-corrected chi connectivity index (χ1v) is 8.99. The van der Waals surface area contributed by atoms with Crippen molar-refractivity contribution in [3.63, 3.8) is 0 Å². The predicted molar refractivity (Wildman–Crippen MR) is 91.5 cm³/mol. The van der Waals surface area contributed by atoms with E-state index in [2.05, 4.69) is 5.32 Å². The zero-order valence-electron chi connectivity index (χ0n) is 13.4. The Morgan fingerprint density at radius 1 is 1.09 bits per heavy atom. The smallest absolute Gasteiger partial charge is 0.224 e. The van der Waals surface area contributed by atoms with Crippen molar-refractivity contribution in [1.82, 2.24) is 0 Å². The van der Waals surface area contributed by atoms with Gasteiger partial charge < -0.3 is 14.8 Å². The van der Waals surface area contributed by atoms with Crippen LogP contribution in [0.5, 0.6) is 11.5 Å². The Morgan fingerprint density at radius 3 is 2.52 bits per heavy atom. The first kappa shape index (κ1) is 16.4. The molecule has 5 heteroatoms. The number of hydrogen-bond donors (Lipinski definition) is 1. The number of anilines is 1. The summed E-state index contributed by atoms with van der Waals surface area (Å²) < 4.78 is 11.2. The monoisotopic (exact) mass is 337 g/mol. The van der Waals surface area contributed by atoms with Crippen LogP contribution in [0.1, 0.15) is 51.4 Å². The summed E-state index contributed by atoms with van der Waals surface area (Å²) >= 11 is 6.26. The maximum absolute atomic E-state index is 12.2. The van der Waals surface area contributed by atoms with Crippen LogP contribution >= 0.6 is 11.6 Å². The van der Waals surface area contributed by atoms with Gasteiger partial charge in [-0.25, -0.2) is 0 Å². The molecule has 0 bridgehead atoms. The lowest BCUT2D eigenvalue weighted by molar-refractivity contribution is -0.116. The molecule has 2 aliphatic rings. The molecule has 23 heavy (non-hydrogen) atoms. The molecule has 1 aromatic carbocycles. The molecular formula is C18H24ClNO3. The van der Waals surface area contributed by atoms with Crippen LogP contribution in [-0.2, 0) is 4.79 Å². The third-order valence-corrected chi connectivity index (χ3v) is 4.93. The normalized spacial score (nSPS) is 18.3. The van der Waals surface area contributed by atoms with Crippen LogP contribution in [0.4, 0.5) is 5.69 Å². The number of carbonyl (C=O) groups is 1. The van der Waals surface area contributed by atoms with Crippen molar-refractivity contribution < 1.29 is 14.3 Å². The van der Waals surface area contributed by atoms with Gasteiger partial charge in [0.15, 0.2) is 11.5 Å². The van der Waals surface area contributed by atoms with E-state index in [0.29, 0.717) is 47.8 Å². The predicted octanol–water partition coefficient (Wildman–Crippen LogP) is 4.80. The fourth-order valence-corrected chi connectivity index (χ4v) is 3.50. The van der Waals surface area contributed by atoms with Crippen molar-refractivity contribution >= 4 is 23.2 Å². The zero-order valence-corrected chi connectivity index (χ0v) is 14.2. The Hall–Kier alpha value is -1.42. The number of nitrogens with one attached hydrogen (secondary N) is 1. The minimum atomic E-state index is 0.0203. The Labute approximate surface area is 142 Å². The summed E-state index contributed by atoms with van der Waals surface area (Å²) in [5.74, 6) is 2.02. The van der Waals surface area contributed by atoms with Gasteiger partial charge in [0.05, 0.1) is 23.9 Å². The molecule has 1 fully saturated rings. The lowest BCUT2D eigenvalue weighted by atomic mass is 9.86. The lowest BCUT2D eigenvalue weighted by Crippen LogP contribution is -2.15. The first-order valence-electron chi connectivity index (χ1n) is 8.61. The average molecular weight is 338 g/mol. The van der Waals surface area contributed by atoms with Crippen molar-refractivity contribution in [3.05, 3.63) is 17.2 Å². The van der Waals surface area contributed by atoms with Gasteiger partial charge in [-0.05, 0) is 12.3 Å². The van der Waals surface area contributed by atoms with Crippen LogP contribution in [0.3, 0.4) is 0 Å². The second kappa shape index (κ2) is 7.91. The Kier molecular flexibility index (Phi) is 5.65. The van der Waals surface area contributed by atoms with E-state index >= 15 is 0 Å². The van der Waals surface area contributed by atoms with Crippen LogP contribution in [0.2, 0.25) is 5.02 Å². The highest BCUT2D eigenvalue weighted by molar-refractivity contribution is 6.34. The van der Waals surface area contributed by atoms with Gasteiger partial charge in [-0.3, -0.25) is 4.79 Å². The molecule has 1 aromatic rings. The molecular weight excluding hydrogens is 314 g/mol. The topological polar surface area (TPSA) is 47.6 Å². The van der Waals surface area contributed by atoms with Gasteiger partial charge in [-0.1, -0.05) is 43.7 Å². The summed E-state index contributed by atoms with van der Waals surface area (Å²) in [5, 5.41) is 3.40. The number of fused-ring (bicyclic) bond motifs is 1. The van der Waals surface area contributed by atoms with Crippen LogP contribution in [0.15, 0.2) is 12.1 Å². The van der Waals surface area contributed by atoms with E-state index in [4.69, 9.17) is 21.1 Å². The van der Waals surface area contributed by atoms with Crippen molar-refractivity contribution in [1.29, 1.82) is 0 Å². The lowest BCUT2D eigenvalue weighted by Gasteiger charge is -2.21. The highest BCUT2D eigenvalue weighted by Gasteiger charge is 2.17. The Bertz CT molecular complexity index is 555. The number of carbonyl (C=O) groups excluding carboxylic acids is 1. The van der Waals surface area contributed by atoms with Crippen LogP contribution in [0.25, 0.3) is 0 Å². The molecule has 126 valence electrons. The van der Waals surface area contributed by atoms with E-state index in [1.165, 1.54) is 32.1 Å². The molecule has 0 unspecified atom stereocenters. The molecule has 0 aromatic heterocycles. The summed E-state index contributed by atoms with van der Waals surface area (Å²) in [6.07, 6.45) is 8.84. The van der Waals surface area contributed by atoms with E-state index in [9.17, 15) is 4.79 Å². The number of ether oxygens (including phenoxy) is 2. The van der Waals surface area contributed by atoms with Gasteiger partial charge in [-0.2, -0.15) is 0 Å². The SMILES string of the molecule is O=C(CCC1CCCCC1)Nc1cc2c(cc1Cl)OCCCO2. The first-order chi connectivity index (χ1) is 11.2. The fraction of sp³-hybridized carbons (Fsp3) is 0.611. The van der Waals surface area contributed by atoms with E-state index < -0.39 is 0 Å². The zero-order chi connectivity index (χ0) is 16.1. The van der Waals surface area contributed by atoms with Crippen LogP contribution < -0.4 is 14.8 Å². The molecule has 4 nitrogen and oxygen atoms in total. The fourth-order valence-electron chi connectivity index (χ4n) is 3.30. The highest BCUT2D eigenvalue weighted by atomic mass is 35.5. The second-order valence-electron chi connectivity index (χ2n) is 6.42. The molecule has 3 rings (SSSR count). The molecule has 1 saturated carbocycles. The quantitative estimate of drug-likeness (QED) is 0.858. The Balaban J connectivity index is 1.58. The minimum Gasteiger partial charge on any atom is -0.490 e.